The van der Waals surface area contributed by atoms with E-state index in [1.165, 1.54) is 6.08 Å². The van der Waals surface area contributed by atoms with Gasteiger partial charge in [0, 0.05) is 43.5 Å². The molecule has 2 aromatic carbocycles. The maximum atomic E-state index is 14.2. The van der Waals surface area contributed by atoms with Crippen LogP contribution in [-0.4, -0.2) is 104 Å². The Morgan fingerprint density at radius 1 is 1.11 bits per heavy atom. The average Bonchev–Trinajstić information content (AvgIpc) is 3.48. The molecule has 6 rings (SSSR count). The minimum atomic E-state index is -3.58. The van der Waals surface area contributed by atoms with Gasteiger partial charge < -0.3 is 30.4 Å². The highest BCUT2D eigenvalue weighted by atomic mass is 35.5. The number of anilines is 5. The summed E-state index contributed by atoms with van der Waals surface area (Å²) >= 11 is 6.56. The summed E-state index contributed by atoms with van der Waals surface area (Å²) in [6.07, 6.45) is 8.90. The van der Waals surface area contributed by atoms with E-state index >= 15 is 0 Å². The number of likely N-dealkylation sites (tertiary alicyclic amines) is 1. The smallest absolute Gasteiger partial charge is 0.374 e. The van der Waals surface area contributed by atoms with Gasteiger partial charge >= 0.3 is 17.9 Å². The second-order valence-electron chi connectivity index (χ2n) is 13.4. The monoisotopic (exact) mass is 764 g/mol. The van der Waals surface area contributed by atoms with Gasteiger partial charge in [0.25, 0.3) is 0 Å². The Balaban J connectivity index is 0.000000730. The highest BCUT2D eigenvalue weighted by molar-refractivity contribution is 6.32. The zero-order chi connectivity index (χ0) is 39.0. The lowest BCUT2D eigenvalue weighted by molar-refractivity contribution is -0.161. The predicted octanol–water partition coefficient (Wildman–Crippen LogP) is 6.39. The van der Waals surface area contributed by atoms with Crippen molar-refractivity contribution in [1.82, 2.24) is 34.4 Å². The number of alkyl halides is 2. The van der Waals surface area contributed by atoms with Gasteiger partial charge in [-0.05, 0) is 70.8 Å². The van der Waals surface area contributed by atoms with Gasteiger partial charge in [0.1, 0.15) is 0 Å². The summed E-state index contributed by atoms with van der Waals surface area (Å²) in [4.78, 5) is 53.1. The summed E-state index contributed by atoms with van der Waals surface area (Å²) in [6.45, 7) is 3.72. The first kappa shape index (κ1) is 39.8. The molecule has 54 heavy (non-hydrogen) atoms. The Morgan fingerprint density at radius 3 is 2.48 bits per heavy atom. The zero-order valence-electron chi connectivity index (χ0n) is 30.4. The molecule has 4 aromatic rings. The van der Waals surface area contributed by atoms with Crippen molar-refractivity contribution in [2.75, 3.05) is 56.3 Å². The van der Waals surface area contributed by atoms with E-state index in [-0.39, 0.29) is 18.0 Å². The molecule has 3 amide bonds. The van der Waals surface area contributed by atoms with Gasteiger partial charge in [0.2, 0.25) is 11.9 Å². The maximum absolute atomic E-state index is 14.2. The van der Waals surface area contributed by atoms with E-state index in [4.69, 9.17) is 21.7 Å². The van der Waals surface area contributed by atoms with Crippen LogP contribution < -0.4 is 15.5 Å². The summed E-state index contributed by atoms with van der Waals surface area (Å²) in [5.41, 5.74) is 3.49. The molecule has 0 unspecified atom stereocenters. The number of carboxylic acid groups (broad SMARTS) is 1. The van der Waals surface area contributed by atoms with Crippen molar-refractivity contribution in [3.63, 3.8) is 0 Å². The van der Waals surface area contributed by atoms with Gasteiger partial charge in [0.15, 0.2) is 11.0 Å². The zero-order valence-corrected chi connectivity index (χ0v) is 31.2. The van der Waals surface area contributed by atoms with Crippen molar-refractivity contribution in [2.24, 2.45) is 0 Å². The molecule has 2 aliphatic heterocycles. The Kier molecular flexibility index (Phi) is 12.9. The lowest BCUT2D eigenvalue weighted by Gasteiger charge is -2.36. The number of piperidine rings is 1. The van der Waals surface area contributed by atoms with Crippen LogP contribution >= 0.6 is 11.6 Å². The molecule has 0 aliphatic carbocycles. The van der Waals surface area contributed by atoms with Gasteiger partial charge in [-0.25, -0.2) is 19.5 Å². The van der Waals surface area contributed by atoms with Crippen molar-refractivity contribution in [3.8, 4) is 0 Å². The van der Waals surface area contributed by atoms with Crippen LogP contribution in [0.2, 0.25) is 5.15 Å². The summed E-state index contributed by atoms with van der Waals surface area (Å²) in [5.74, 6) is -5.19. The number of urea groups is 1. The molecule has 0 spiro atoms. The van der Waals surface area contributed by atoms with Crippen molar-refractivity contribution in [2.45, 2.75) is 44.8 Å². The summed E-state index contributed by atoms with van der Waals surface area (Å²) < 4.78 is 24.4. The van der Waals surface area contributed by atoms with E-state index in [9.17, 15) is 23.2 Å². The summed E-state index contributed by atoms with van der Waals surface area (Å²) in [7, 11) is 5.99. The normalized spacial score (nSPS) is 15.2. The van der Waals surface area contributed by atoms with Crippen LogP contribution in [0.5, 0.6) is 0 Å². The third-order valence-corrected chi connectivity index (χ3v) is 8.85. The number of carbonyl (C=O) groups excluding carboxylic acids is 2. The second-order valence-corrected chi connectivity index (χ2v) is 13.7. The lowest BCUT2D eigenvalue weighted by atomic mass is 10.1. The Hall–Kier alpha value is -5.45. The van der Waals surface area contributed by atoms with E-state index in [0.29, 0.717) is 60.5 Å². The molecule has 0 saturated carbocycles. The fourth-order valence-electron chi connectivity index (χ4n) is 5.73. The number of nitrogens with zero attached hydrogens (tertiary/aromatic N) is 8. The topological polar surface area (TPSA) is 152 Å². The predicted molar refractivity (Wildman–Crippen MR) is 203 cm³/mol. The number of fused-ring (bicyclic) bond motifs is 1. The van der Waals surface area contributed by atoms with Crippen LogP contribution in [0.25, 0.3) is 0 Å². The number of hydrogen-bond donors (Lipinski definition) is 3. The van der Waals surface area contributed by atoms with Crippen molar-refractivity contribution >= 4 is 58.3 Å². The van der Waals surface area contributed by atoms with Crippen LogP contribution in [0.15, 0.2) is 79.1 Å². The minimum absolute atomic E-state index is 0.242. The molecule has 2 aliphatic rings. The summed E-state index contributed by atoms with van der Waals surface area (Å²) in [6, 6.07) is 17.0. The third-order valence-electron chi connectivity index (χ3n) is 8.58. The molecule has 0 atom stereocenters. The van der Waals surface area contributed by atoms with E-state index < -0.39 is 11.9 Å². The van der Waals surface area contributed by atoms with Crippen molar-refractivity contribution in [1.29, 1.82) is 0 Å². The number of carboxylic acids is 1. The number of rotatable bonds is 11. The Morgan fingerprint density at radius 2 is 1.81 bits per heavy atom. The molecular weight excluding hydrogens is 722 g/mol. The maximum Gasteiger partial charge on any atom is 0.374 e. The first-order valence-corrected chi connectivity index (χ1v) is 17.6. The molecule has 17 heteroatoms. The molecule has 1 saturated heterocycles. The first-order valence-electron chi connectivity index (χ1n) is 17.2. The van der Waals surface area contributed by atoms with E-state index in [1.807, 2.05) is 66.3 Å². The van der Waals surface area contributed by atoms with Crippen LogP contribution in [0, 0.1) is 0 Å². The largest absolute Gasteiger partial charge is 0.477 e. The Labute approximate surface area is 317 Å². The van der Waals surface area contributed by atoms with Gasteiger partial charge in [-0.3, -0.25) is 9.48 Å². The lowest BCUT2D eigenvalue weighted by Crippen LogP contribution is -2.45. The SMILES string of the molecule is CC(F)(F)C(=O)O.CN(C)C/C=C/C(=O)Nc1cccc(N2C(=O)N(Cc3ccccc3)Cc3cnc(Nc4cn(C5CCN(C)CC5)nc4Cl)nc32)c1. The number of aliphatic carboxylic acids is 1. The van der Waals surface area contributed by atoms with Gasteiger partial charge in [-0.1, -0.05) is 54.1 Å². The molecule has 286 valence electrons. The number of halogens is 3. The number of benzene rings is 2. The number of aromatic nitrogens is 4. The van der Waals surface area contributed by atoms with Crippen molar-refractivity contribution < 1.29 is 28.3 Å². The van der Waals surface area contributed by atoms with Crippen LogP contribution in [0.3, 0.4) is 0 Å². The number of amides is 3. The molecule has 3 N–H and O–H groups in total. The molecule has 4 heterocycles. The molecular formula is C37H43ClF2N10O4. The molecule has 1 fully saturated rings. The van der Waals surface area contributed by atoms with Gasteiger partial charge in [-0.2, -0.15) is 18.9 Å². The van der Waals surface area contributed by atoms with E-state index in [2.05, 4.69) is 32.7 Å². The first-order chi connectivity index (χ1) is 25.7. The molecule has 0 bridgehead atoms. The van der Waals surface area contributed by atoms with Gasteiger partial charge in [-0.15, -0.1) is 0 Å². The van der Waals surface area contributed by atoms with Crippen LogP contribution in [0.4, 0.5) is 42.4 Å². The minimum Gasteiger partial charge on any atom is -0.477 e. The van der Waals surface area contributed by atoms with Gasteiger partial charge in [0.05, 0.1) is 30.2 Å². The number of carbonyl (C=O) groups is 3. The number of nitrogens with one attached hydrogen (secondary N) is 2. The molecule has 0 radical (unpaired) electrons. The number of likely N-dealkylation sites (N-methyl/N-ethyl adjacent to an activating group) is 1. The van der Waals surface area contributed by atoms with E-state index in [0.717, 1.165) is 37.1 Å². The number of hydrogen-bond acceptors (Lipinski definition) is 9. The van der Waals surface area contributed by atoms with Crippen LogP contribution in [0.1, 0.15) is 36.9 Å². The standard InChI is InChI=1S/C34H39ClN10O2.C3H4F2O2/c1-41(2)16-8-13-30(46)37-26-11-7-12-28(19-26)45-32-25(22-43(34(45)47)21-24-9-5-4-6-10-24)20-36-33(39-32)38-29-23-44(40-31(29)35)27-14-17-42(3)18-15-27;1-3(4,5)2(6)7/h4-13,19-20,23,27H,14-18,21-22H2,1-3H3,(H,37,46)(H,36,38,39);1H3,(H,6,7)/b13-8+;. The van der Waals surface area contributed by atoms with Crippen molar-refractivity contribution in [3.05, 3.63) is 95.4 Å². The summed E-state index contributed by atoms with van der Waals surface area (Å²) in [5, 5.41) is 18.5. The second kappa shape index (κ2) is 17.6. The van der Waals surface area contributed by atoms with Crippen LogP contribution in [-0.2, 0) is 22.7 Å². The fourth-order valence-corrected chi connectivity index (χ4v) is 5.91. The molecule has 2 aromatic heterocycles. The Bertz CT molecular complexity index is 1960. The highest BCUT2D eigenvalue weighted by Crippen LogP contribution is 2.36. The average molecular weight is 765 g/mol. The third kappa shape index (κ3) is 10.6. The quantitative estimate of drug-likeness (QED) is 0.147. The van der Waals surface area contributed by atoms with E-state index in [1.54, 1.807) is 40.3 Å². The fraction of sp³-hybridized carbons (Fsp3) is 0.351. The highest BCUT2D eigenvalue weighted by Gasteiger charge is 2.34. The molecule has 14 nitrogen and oxygen atoms in total.